The van der Waals surface area contributed by atoms with Gasteiger partial charge in [-0.15, -0.1) is 5.10 Å². The molecule has 2 rings (SSSR count). The molecule has 8 heteroatoms. The maximum absolute atomic E-state index is 10.7. The molecule has 0 aliphatic heterocycles. The van der Waals surface area contributed by atoms with Gasteiger partial charge in [-0.05, 0) is 19.2 Å². The van der Waals surface area contributed by atoms with E-state index < -0.39 is 18.0 Å². The van der Waals surface area contributed by atoms with Crippen LogP contribution in [-0.2, 0) is 9.59 Å². The monoisotopic (exact) mass is 265 g/mol. The first-order valence-corrected chi connectivity index (χ1v) is 5.08. The molecule has 100 valence electrons. The molecule has 19 heavy (non-hydrogen) atoms. The van der Waals surface area contributed by atoms with Crippen LogP contribution in [0.4, 0.5) is 0 Å². The molecule has 0 spiro atoms. The van der Waals surface area contributed by atoms with Crippen LogP contribution in [0, 0.1) is 0 Å². The van der Waals surface area contributed by atoms with Gasteiger partial charge in [0.25, 0.3) is 5.89 Å². The third-order valence-electron chi connectivity index (χ3n) is 1.78. The molecule has 0 radical (unpaired) electrons. The quantitative estimate of drug-likeness (QED) is 0.586. The summed E-state index contributed by atoms with van der Waals surface area (Å²) < 4.78 is 9.26. The number of aromatic nitrogens is 2. The average molecular weight is 265 g/mol. The lowest BCUT2D eigenvalue weighted by molar-refractivity contribution is -0.158. The normalized spacial score (nSPS) is 9.16. The highest BCUT2D eigenvalue weighted by atomic mass is 16.6. The second kappa shape index (κ2) is 6.87. The summed E-state index contributed by atoms with van der Waals surface area (Å²) in [5, 5.41) is 15.3. The highest BCUT2D eigenvalue weighted by molar-refractivity contribution is 6.29. The highest BCUT2D eigenvalue weighted by Crippen LogP contribution is 2.20. The van der Waals surface area contributed by atoms with Gasteiger partial charge >= 0.3 is 18.0 Å². The Balaban J connectivity index is 0.000000861. The van der Waals surface area contributed by atoms with E-state index in [-0.39, 0.29) is 5.89 Å². The van der Waals surface area contributed by atoms with Crippen LogP contribution >= 0.6 is 0 Å². The van der Waals surface area contributed by atoms with Crippen LogP contribution in [0.25, 0.3) is 11.5 Å². The van der Waals surface area contributed by atoms with Gasteiger partial charge in [0.05, 0.1) is 0 Å². The van der Waals surface area contributed by atoms with Gasteiger partial charge in [-0.3, -0.25) is 0 Å². The molecule has 0 aliphatic rings. The first-order chi connectivity index (χ1) is 9.16. The summed E-state index contributed by atoms with van der Waals surface area (Å²) in [6, 6.07) is 8.78. The van der Waals surface area contributed by atoms with Crippen molar-refractivity contribution in [2.45, 2.75) is 0 Å². The molecule has 0 amide bonds. The zero-order valence-electron chi connectivity index (χ0n) is 9.94. The lowest BCUT2D eigenvalue weighted by atomic mass is 10.2. The van der Waals surface area contributed by atoms with E-state index in [0.717, 1.165) is 0 Å². The second-order valence-corrected chi connectivity index (χ2v) is 2.93. The maximum atomic E-state index is 10.7. The van der Waals surface area contributed by atoms with Crippen molar-refractivity contribution in [3.8, 4) is 17.5 Å². The second-order valence-electron chi connectivity index (χ2n) is 2.93. The lowest BCUT2D eigenvalue weighted by Crippen LogP contribution is -2.19. The minimum atomic E-state index is -1.73. The van der Waals surface area contributed by atoms with E-state index in [0.29, 0.717) is 5.56 Å². The Hall–Kier alpha value is -2.74. The Morgan fingerprint density at radius 1 is 1.21 bits per heavy atom. The summed E-state index contributed by atoms with van der Waals surface area (Å²) in [7, 11) is 1.50. The third-order valence-corrected chi connectivity index (χ3v) is 1.78. The summed E-state index contributed by atoms with van der Waals surface area (Å²) in [6.07, 6.45) is -0.503. The van der Waals surface area contributed by atoms with Crippen LogP contribution in [0.1, 0.15) is 0 Å². The molecule has 0 saturated heterocycles. The molecule has 0 bridgehead atoms. The number of carboxylic acids is 1. The number of nitrogens with zero attached hydrogens (tertiary/aromatic N) is 2. The molecule has 0 saturated carbocycles. The summed E-state index contributed by atoms with van der Waals surface area (Å²) in [4.78, 5) is 20.9. The van der Waals surface area contributed by atoms with E-state index in [9.17, 15) is 9.59 Å². The molecule has 3 N–H and O–H groups in total. The molecule has 0 unspecified atom stereocenters. The molecule has 1 aromatic heterocycles. The van der Waals surface area contributed by atoms with Gasteiger partial charge in [0.2, 0.25) is 0 Å². The number of hydrogen-bond donors (Lipinski definition) is 2. The zero-order valence-corrected chi connectivity index (χ0v) is 9.94. The Labute approximate surface area is 107 Å². The number of ether oxygens (including phenoxy) is 1. The minimum absolute atomic E-state index is 0.138. The molecule has 1 heterocycles. The fourth-order valence-electron chi connectivity index (χ4n) is 1.07. The molecule has 0 aliphatic carbocycles. The van der Waals surface area contributed by atoms with Gasteiger partial charge in [-0.1, -0.05) is 23.3 Å². The van der Waals surface area contributed by atoms with E-state index in [1.54, 1.807) is 24.3 Å². The first-order valence-electron chi connectivity index (χ1n) is 5.08. The van der Waals surface area contributed by atoms with Gasteiger partial charge in [0.1, 0.15) is 0 Å². The number of carboxylic acid groups (broad SMARTS) is 1. The van der Waals surface area contributed by atoms with Crippen LogP contribution < -0.4 is 10.5 Å². The zero-order chi connectivity index (χ0) is 14.3. The molecular weight excluding hydrogens is 254 g/mol. The largest absolute Gasteiger partial charge is 0.473 e. The van der Waals surface area contributed by atoms with E-state index in [1.165, 1.54) is 7.05 Å². The fourth-order valence-corrected chi connectivity index (χ4v) is 1.07. The maximum Gasteiger partial charge on any atom is 0.426 e. The lowest BCUT2D eigenvalue weighted by Gasteiger charge is -1.93. The Morgan fingerprint density at radius 3 is 2.42 bits per heavy atom. The van der Waals surface area contributed by atoms with E-state index >= 15 is 0 Å². The van der Waals surface area contributed by atoms with Gasteiger partial charge in [0, 0.05) is 5.56 Å². The molecule has 2 aromatic rings. The van der Waals surface area contributed by atoms with Crippen molar-refractivity contribution in [3.05, 3.63) is 30.3 Å². The van der Waals surface area contributed by atoms with Crippen molar-refractivity contribution in [2.75, 3.05) is 7.05 Å². The average Bonchev–Trinajstić information content (AvgIpc) is 2.90. The van der Waals surface area contributed by atoms with Crippen LogP contribution in [-0.4, -0.2) is 34.3 Å². The van der Waals surface area contributed by atoms with Crippen LogP contribution in [0.5, 0.6) is 6.08 Å². The number of benzene rings is 1. The Bertz CT molecular complexity index is 552. The standard InChI is InChI=1S/C10H6N2O5.CH5N/c13-8(14)9(15)17-10-12-11-7(16-10)6-4-2-1-3-5-6;1-2/h1-5H,(H,13,14);2H2,1H3. The Kier molecular flexibility index (Phi) is 5.17. The van der Waals surface area contributed by atoms with Crippen LogP contribution in [0.15, 0.2) is 34.7 Å². The topological polar surface area (TPSA) is 129 Å². The van der Waals surface area contributed by atoms with Crippen molar-refractivity contribution >= 4 is 11.9 Å². The summed E-state index contributed by atoms with van der Waals surface area (Å²) in [6.45, 7) is 0. The van der Waals surface area contributed by atoms with E-state index in [1.807, 2.05) is 6.07 Å². The van der Waals surface area contributed by atoms with E-state index in [4.69, 9.17) is 9.52 Å². The number of esters is 1. The van der Waals surface area contributed by atoms with Crippen molar-refractivity contribution in [3.63, 3.8) is 0 Å². The first kappa shape index (κ1) is 14.3. The molecule has 1 aromatic carbocycles. The number of hydrogen-bond acceptors (Lipinski definition) is 7. The fraction of sp³-hybridized carbons (Fsp3) is 0.0909. The third kappa shape index (κ3) is 3.89. The number of aliphatic carboxylic acids is 1. The summed E-state index contributed by atoms with van der Waals surface area (Å²) in [5.74, 6) is -3.07. The van der Waals surface area contributed by atoms with Gasteiger partial charge in [0.15, 0.2) is 0 Å². The predicted octanol–water partition coefficient (Wildman–Crippen LogP) is 0.301. The highest BCUT2D eigenvalue weighted by Gasteiger charge is 2.18. The van der Waals surface area contributed by atoms with Gasteiger partial charge in [-0.25, -0.2) is 9.59 Å². The SMILES string of the molecule is CN.O=C(O)C(=O)Oc1nnc(-c2ccccc2)o1. The summed E-state index contributed by atoms with van der Waals surface area (Å²) >= 11 is 0. The van der Waals surface area contributed by atoms with E-state index in [2.05, 4.69) is 20.7 Å². The minimum Gasteiger partial charge on any atom is -0.473 e. The van der Waals surface area contributed by atoms with Crippen molar-refractivity contribution in [1.82, 2.24) is 10.2 Å². The number of carbonyl (C=O) groups is 2. The van der Waals surface area contributed by atoms with Crippen molar-refractivity contribution in [1.29, 1.82) is 0 Å². The van der Waals surface area contributed by atoms with Gasteiger partial charge < -0.3 is 20.0 Å². The van der Waals surface area contributed by atoms with Crippen LogP contribution in [0.2, 0.25) is 0 Å². The van der Waals surface area contributed by atoms with Crippen molar-refractivity contribution in [2.24, 2.45) is 5.73 Å². The predicted molar refractivity (Wildman–Crippen MR) is 63.1 cm³/mol. The molecule has 0 atom stereocenters. The van der Waals surface area contributed by atoms with Crippen molar-refractivity contribution < 1.29 is 23.8 Å². The number of nitrogens with two attached hydrogens (primary N) is 1. The van der Waals surface area contributed by atoms with Gasteiger partial charge in [-0.2, -0.15) is 0 Å². The molecule has 0 fully saturated rings. The van der Waals surface area contributed by atoms with Crippen LogP contribution in [0.3, 0.4) is 0 Å². The Morgan fingerprint density at radius 2 is 1.84 bits per heavy atom. The number of carbonyl (C=O) groups excluding carboxylic acids is 1. The summed E-state index contributed by atoms with van der Waals surface area (Å²) in [5.41, 5.74) is 5.14. The molecular formula is C11H11N3O5. The number of rotatable bonds is 2. The molecule has 8 nitrogen and oxygen atoms in total. The smallest absolute Gasteiger partial charge is 0.426 e.